The van der Waals surface area contributed by atoms with Crippen LogP contribution in [0.3, 0.4) is 0 Å². The van der Waals surface area contributed by atoms with Crippen molar-refractivity contribution in [1.29, 1.82) is 0 Å². The minimum absolute atomic E-state index is 0.301. The molecule has 1 aliphatic carbocycles. The molecule has 1 aliphatic rings. The van der Waals surface area contributed by atoms with Crippen LogP contribution in [0, 0.1) is 0 Å². The van der Waals surface area contributed by atoms with Crippen molar-refractivity contribution in [1.82, 2.24) is 0 Å². The van der Waals surface area contributed by atoms with Gasteiger partial charge in [-0.1, -0.05) is 24.3 Å². The van der Waals surface area contributed by atoms with E-state index in [1.165, 1.54) is 18.8 Å². The first-order valence-corrected chi connectivity index (χ1v) is 3.93. The first-order valence-electron chi connectivity index (χ1n) is 3.93. The van der Waals surface area contributed by atoms with Crippen molar-refractivity contribution in [3.05, 3.63) is 36.0 Å². The van der Waals surface area contributed by atoms with Crippen LogP contribution in [0.25, 0.3) is 0 Å². The zero-order valence-electron chi connectivity index (χ0n) is 7.12. The molecule has 2 heteroatoms. The molecule has 0 bridgehead atoms. The van der Waals surface area contributed by atoms with E-state index >= 15 is 0 Å². The van der Waals surface area contributed by atoms with Gasteiger partial charge in [-0.15, -0.1) is 0 Å². The van der Waals surface area contributed by atoms with Gasteiger partial charge in [-0.25, -0.2) is 4.79 Å². The van der Waals surface area contributed by atoms with Gasteiger partial charge >= 0.3 is 5.97 Å². The molecule has 0 atom stereocenters. The van der Waals surface area contributed by atoms with Gasteiger partial charge in [-0.2, -0.15) is 0 Å². The standard InChI is InChI=1S/C10H12O2/c1-12-10(11)8-7-9-5-3-2-4-6-9/h2-3,6-8H,4-5H2,1H3. The van der Waals surface area contributed by atoms with Gasteiger partial charge in [0.25, 0.3) is 0 Å². The Labute approximate surface area is 72.2 Å². The number of ether oxygens (including phenoxy) is 1. The summed E-state index contributed by atoms with van der Waals surface area (Å²) in [4.78, 5) is 10.7. The predicted molar refractivity (Wildman–Crippen MR) is 47.6 cm³/mol. The van der Waals surface area contributed by atoms with Crippen LogP contribution in [0.4, 0.5) is 0 Å². The largest absolute Gasteiger partial charge is 0.466 e. The Morgan fingerprint density at radius 1 is 1.58 bits per heavy atom. The molecule has 0 radical (unpaired) electrons. The molecule has 0 saturated heterocycles. The summed E-state index contributed by atoms with van der Waals surface area (Å²) in [5, 5.41) is 0. The van der Waals surface area contributed by atoms with E-state index in [0.29, 0.717) is 0 Å². The van der Waals surface area contributed by atoms with Crippen LogP contribution < -0.4 is 0 Å². The van der Waals surface area contributed by atoms with Gasteiger partial charge in [-0.05, 0) is 18.4 Å². The first kappa shape index (κ1) is 8.78. The molecule has 0 amide bonds. The molecule has 0 aromatic heterocycles. The normalized spacial score (nSPS) is 16.2. The number of carbonyl (C=O) groups is 1. The molecule has 0 spiro atoms. The maximum Gasteiger partial charge on any atom is 0.330 e. The van der Waals surface area contributed by atoms with Gasteiger partial charge in [0.1, 0.15) is 0 Å². The molecule has 0 N–H and O–H groups in total. The summed E-state index contributed by atoms with van der Waals surface area (Å²) in [5.74, 6) is -0.301. The van der Waals surface area contributed by atoms with Crippen LogP contribution in [0.15, 0.2) is 36.0 Å². The van der Waals surface area contributed by atoms with Crippen molar-refractivity contribution in [3.63, 3.8) is 0 Å². The summed E-state index contributed by atoms with van der Waals surface area (Å²) in [5.41, 5.74) is 1.17. The van der Waals surface area contributed by atoms with Crippen LogP contribution in [-0.2, 0) is 9.53 Å². The van der Waals surface area contributed by atoms with E-state index in [2.05, 4.69) is 23.0 Å². The smallest absolute Gasteiger partial charge is 0.330 e. The molecule has 2 nitrogen and oxygen atoms in total. The second kappa shape index (κ2) is 4.54. The van der Waals surface area contributed by atoms with Crippen molar-refractivity contribution >= 4 is 5.97 Å². The predicted octanol–water partition coefficient (Wildman–Crippen LogP) is 1.99. The van der Waals surface area contributed by atoms with Gasteiger partial charge < -0.3 is 4.74 Å². The zero-order valence-corrected chi connectivity index (χ0v) is 7.12. The molecule has 64 valence electrons. The monoisotopic (exact) mass is 164 g/mol. The summed E-state index contributed by atoms with van der Waals surface area (Å²) < 4.78 is 4.47. The summed E-state index contributed by atoms with van der Waals surface area (Å²) >= 11 is 0. The quantitative estimate of drug-likeness (QED) is 0.354. The van der Waals surface area contributed by atoms with E-state index < -0.39 is 0 Å². The average Bonchev–Trinajstić information content (AvgIpc) is 2.16. The van der Waals surface area contributed by atoms with Crippen LogP contribution >= 0.6 is 0 Å². The molecule has 0 heterocycles. The molecular weight excluding hydrogens is 152 g/mol. The summed E-state index contributed by atoms with van der Waals surface area (Å²) in [7, 11) is 1.38. The summed E-state index contributed by atoms with van der Waals surface area (Å²) in [6, 6.07) is 0. The molecular formula is C10H12O2. The van der Waals surface area contributed by atoms with Gasteiger partial charge in [0.05, 0.1) is 7.11 Å². The minimum Gasteiger partial charge on any atom is -0.466 e. The molecule has 0 fully saturated rings. The minimum atomic E-state index is -0.301. The maximum atomic E-state index is 10.7. The molecule has 0 aliphatic heterocycles. The number of hydrogen-bond donors (Lipinski definition) is 0. The number of carbonyl (C=O) groups excluding carboxylic acids is 1. The van der Waals surface area contributed by atoms with Gasteiger partial charge in [0.2, 0.25) is 0 Å². The topological polar surface area (TPSA) is 26.3 Å². The van der Waals surface area contributed by atoms with Crippen LogP contribution in [0.1, 0.15) is 12.8 Å². The number of esters is 1. The van der Waals surface area contributed by atoms with E-state index in [-0.39, 0.29) is 5.97 Å². The molecule has 1 rings (SSSR count). The number of allylic oxidation sites excluding steroid dienone is 5. The molecule has 0 aromatic rings. The fraction of sp³-hybridized carbons (Fsp3) is 0.300. The Kier molecular flexibility index (Phi) is 3.33. The highest BCUT2D eigenvalue weighted by molar-refractivity contribution is 5.82. The second-order valence-corrected chi connectivity index (χ2v) is 2.55. The molecule has 12 heavy (non-hydrogen) atoms. The van der Waals surface area contributed by atoms with Gasteiger partial charge in [0, 0.05) is 6.08 Å². The van der Waals surface area contributed by atoms with E-state index in [4.69, 9.17) is 0 Å². The molecule has 0 unspecified atom stereocenters. The van der Waals surface area contributed by atoms with Crippen LogP contribution in [0.5, 0.6) is 0 Å². The van der Waals surface area contributed by atoms with Crippen molar-refractivity contribution in [2.45, 2.75) is 12.8 Å². The third kappa shape index (κ3) is 2.74. The van der Waals surface area contributed by atoms with Crippen LogP contribution in [0.2, 0.25) is 0 Å². The van der Waals surface area contributed by atoms with Crippen molar-refractivity contribution < 1.29 is 9.53 Å². The van der Waals surface area contributed by atoms with E-state index in [0.717, 1.165) is 12.8 Å². The van der Waals surface area contributed by atoms with Crippen LogP contribution in [-0.4, -0.2) is 13.1 Å². The van der Waals surface area contributed by atoms with Crippen molar-refractivity contribution in [2.24, 2.45) is 0 Å². The third-order valence-electron chi connectivity index (χ3n) is 1.67. The zero-order chi connectivity index (χ0) is 8.81. The maximum absolute atomic E-state index is 10.7. The summed E-state index contributed by atoms with van der Waals surface area (Å²) in [6.45, 7) is 0. The lowest BCUT2D eigenvalue weighted by molar-refractivity contribution is -0.134. The Bertz CT molecular complexity index is 247. The van der Waals surface area contributed by atoms with E-state index in [9.17, 15) is 4.79 Å². The van der Waals surface area contributed by atoms with Gasteiger partial charge in [0.15, 0.2) is 0 Å². The number of methoxy groups -OCH3 is 1. The second-order valence-electron chi connectivity index (χ2n) is 2.55. The van der Waals surface area contributed by atoms with Gasteiger partial charge in [-0.3, -0.25) is 0 Å². The lowest BCUT2D eigenvalue weighted by Gasteiger charge is -2.01. The third-order valence-corrected chi connectivity index (χ3v) is 1.67. The lowest BCUT2D eigenvalue weighted by atomic mass is 10.1. The Morgan fingerprint density at radius 2 is 2.42 bits per heavy atom. The fourth-order valence-corrected chi connectivity index (χ4v) is 0.998. The first-order chi connectivity index (χ1) is 5.83. The Hall–Kier alpha value is -1.31. The summed E-state index contributed by atoms with van der Waals surface area (Å²) in [6.07, 6.45) is 11.4. The highest BCUT2D eigenvalue weighted by atomic mass is 16.5. The number of hydrogen-bond acceptors (Lipinski definition) is 2. The SMILES string of the molecule is COC(=O)C=CC1=CCC=CC1. The Balaban J connectivity index is 2.45. The fourth-order valence-electron chi connectivity index (χ4n) is 0.998. The van der Waals surface area contributed by atoms with Crippen molar-refractivity contribution in [2.75, 3.05) is 7.11 Å². The van der Waals surface area contributed by atoms with E-state index in [1.54, 1.807) is 6.08 Å². The average molecular weight is 164 g/mol. The number of rotatable bonds is 2. The molecule has 0 aromatic carbocycles. The highest BCUT2D eigenvalue weighted by Crippen LogP contribution is 2.11. The van der Waals surface area contributed by atoms with E-state index in [1.807, 2.05) is 0 Å². The molecule has 0 saturated carbocycles. The Morgan fingerprint density at radius 3 is 3.00 bits per heavy atom. The highest BCUT2D eigenvalue weighted by Gasteiger charge is 1.95. The van der Waals surface area contributed by atoms with Crippen molar-refractivity contribution in [3.8, 4) is 0 Å². The lowest BCUT2D eigenvalue weighted by Crippen LogP contribution is -1.94.